The summed E-state index contributed by atoms with van der Waals surface area (Å²) < 4.78 is 16.2. The minimum Gasteiger partial charge on any atom is -0.454 e. The first kappa shape index (κ1) is 18.6. The molecule has 0 radical (unpaired) electrons. The molecule has 28 heavy (non-hydrogen) atoms. The largest absolute Gasteiger partial charge is 0.454 e. The third-order valence-electron chi connectivity index (χ3n) is 5.02. The zero-order valence-corrected chi connectivity index (χ0v) is 15.7. The second-order valence-corrected chi connectivity index (χ2v) is 6.83. The molecule has 1 atom stereocenters. The number of hydrogen-bond donors (Lipinski definition) is 2. The van der Waals surface area contributed by atoms with Gasteiger partial charge < -0.3 is 24.8 Å². The standard InChI is InChI=1S/C21H25N3O4/c25-21(22-13-16-6-7-19-20(12-16)28-15-27-19)23-14-18(17-4-2-1-3-5-17)24-8-10-26-11-9-24/h1-7,12,18H,8-11,13-15H2,(H2,22,23,25)/t18-/m1/s1. The summed E-state index contributed by atoms with van der Waals surface area (Å²) in [5, 5.41) is 5.92. The Kier molecular flexibility index (Phi) is 5.94. The zero-order chi connectivity index (χ0) is 19.2. The topological polar surface area (TPSA) is 72.1 Å². The number of carbonyl (C=O) groups excluding carboxylic acids is 1. The van der Waals surface area contributed by atoms with Crippen molar-refractivity contribution in [2.24, 2.45) is 0 Å². The fraction of sp³-hybridized carbons (Fsp3) is 0.381. The van der Waals surface area contributed by atoms with E-state index in [0.29, 0.717) is 13.1 Å². The van der Waals surface area contributed by atoms with Gasteiger partial charge in [-0.2, -0.15) is 0 Å². The van der Waals surface area contributed by atoms with Crippen LogP contribution in [0.4, 0.5) is 4.79 Å². The van der Waals surface area contributed by atoms with Gasteiger partial charge >= 0.3 is 6.03 Å². The van der Waals surface area contributed by atoms with Gasteiger partial charge in [-0.1, -0.05) is 36.4 Å². The third kappa shape index (κ3) is 4.55. The van der Waals surface area contributed by atoms with E-state index in [1.807, 2.05) is 36.4 Å². The molecule has 2 aliphatic rings. The summed E-state index contributed by atoms with van der Waals surface area (Å²) in [5.41, 5.74) is 2.16. The van der Waals surface area contributed by atoms with Gasteiger partial charge in [-0.15, -0.1) is 0 Å². The van der Waals surface area contributed by atoms with Gasteiger partial charge in [0.2, 0.25) is 6.79 Å². The second kappa shape index (κ2) is 8.95. The molecule has 0 saturated carbocycles. The highest BCUT2D eigenvalue weighted by atomic mass is 16.7. The maximum Gasteiger partial charge on any atom is 0.315 e. The van der Waals surface area contributed by atoms with Crippen LogP contribution in [0.5, 0.6) is 11.5 Å². The van der Waals surface area contributed by atoms with E-state index in [1.54, 1.807) is 0 Å². The van der Waals surface area contributed by atoms with E-state index >= 15 is 0 Å². The lowest BCUT2D eigenvalue weighted by atomic mass is 10.0. The number of amides is 2. The summed E-state index contributed by atoms with van der Waals surface area (Å²) in [7, 11) is 0. The van der Waals surface area contributed by atoms with Gasteiger partial charge in [0.15, 0.2) is 11.5 Å². The van der Waals surface area contributed by atoms with E-state index in [1.165, 1.54) is 5.56 Å². The van der Waals surface area contributed by atoms with E-state index in [4.69, 9.17) is 14.2 Å². The maximum atomic E-state index is 12.3. The molecule has 1 fully saturated rings. The molecule has 2 N–H and O–H groups in total. The highest BCUT2D eigenvalue weighted by Crippen LogP contribution is 2.32. The molecule has 2 amide bonds. The first-order valence-corrected chi connectivity index (χ1v) is 9.56. The van der Waals surface area contributed by atoms with Gasteiger partial charge in [-0.05, 0) is 23.3 Å². The Bertz CT molecular complexity index is 793. The summed E-state index contributed by atoms with van der Waals surface area (Å²) in [5.74, 6) is 1.46. The molecule has 0 bridgehead atoms. The monoisotopic (exact) mass is 383 g/mol. The van der Waals surface area contributed by atoms with E-state index in [0.717, 1.165) is 43.4 Å². The van der Waals surface area contributed by atoms with Crippen molar-refractivity contribution in [3.63, 3.8) is 0 Å². The Morgan fingerprint density at radius 1 is 1.00 bits per heavy atom. The van der Waals surface area contributed by atoms with Gasteiger partial charge in [-0.3, -0.25) is 4.90 Å². The number of nitrogens with zero attached hydrogens (tertiary/aromatic N) is 1. The summed E-state index contributed by atoms with van der Waals surface area (Å²) in [6, 6.07) is 15.9. The SMILES string of the molecule is O=C(NCc1ccc2c(c1)OCO2)NC[C@H](c1ccccc1)N1CCOCC1. The lowest BCUT2D eigenvalue weighted by molar-refractivity contribution is 0.0167. The van der Waals surface area contributed by atoms with Crippen molar-refractivity contribution in [1.82, 2.24) is 15.5 Å². The Hall–Kier alpha value is -2.77. The molecule has 7 nitrogen and oxygen atoms in total. The molecule has 0 aliphatic carbocycles. The first-order chi connectivity index (χ1) is 13.8. The fourth-order valence-corrected chi connectivity index (χ4v) is 3.51. The average molecular weight is 383 g/mol. The number of morpholine rings is 1. The highest BCUT2D eigenvalue weighted by Gasteiger charge is 2.23. The lowest BCUT2D eigenvalue weighted by Gasteiger charge is -2.34. The molecule has 0 aromatic heterocycles. The Balaban J connectivity index is 1.32. The summed E-state index contributed by atoms with van der Waals surface area (Å²) >= 11 is 0. The number of nitrogens with one attached hydrogen (secondary N) is 2. The number of rotatable bonds is 6. The van der Waals surface area contributed by atoms with Crippen molar-refractivity contribution >= 4 is 6.03 Å². The van der Waals surface area contributed by atoms with Crippen LogP contribution < -0.4 is 20.1 Å². The van der Waals surface area contributed by atoms with Crippen molar-refractivity contribution in [3.05, 3.63) is 59.7 Å². The molecule has 0 spiro atoms. The molecular formula is C21H25N3O4. The summed E-state index contributed by atoms with van der Waals surface area (Å²) in [4.78, 5) is 14.7. The molecular weight excluding hydrogens is 358 g/mol. The van der Waals surface area contributed by atoms with Crippen molar-refractivity contribution in [1.29, 1.82) is 0 Å². The molecule has 0 unspecified atom stereocenters. The van der Waals surface area contributed by atoms with Crippen LogP contribution in [-0.2, 0) is 11.3 Å². The number of fused-ring (bicyclic) bond motifs is 1. The van der Waals surface area contributed by atoms with Gasteiger partial charge in [0.1, 0.15) is 0 Å². The minimum absolute atomic E-state index is 0.126. The van der Waals surface area contributed by atoms with Crippen molar-refractivity contribution in [2.75, 3.05) is 39.6 Å². The quantitative estimate of drug-likeness (QED) is 0.801. The molecule has 2 aliphatic heterocycles. The van der Waals surface area contributed by atoms with Crippen LogP contribution in [0.3, 0.4) is 0 Å². The van der Waals surface area contributed by atoms with Crippen molar-refractivity contribution in [3.8, 4) is 11.5 Å². The van der Waals surface area contributed by atoms with Crippen LogP contribution in [0, 0.1) is 0 Å². The van der Waals surface area contributed by atoms with Crippen LogP contribution in [0.15, 0.2) is 48.5 Å². The molecule has 148 valence electrons. The minimum atomic E-state index is -0.188. The number of carbonyl (C=O) groups is 1. The van der Waals surface area contributed by atoms with Crippen LogP contribution in [0.25, 0.3) is 0 Å². The zero-order valence-electron chi connectivity index (χ0n) is 15.7. The van der Waals surface area contributed by atoms with E-state index in [2.05, 4.69) is 27.7 Å². The van der Waals surface area contributed by atoms with Gasteiger partial charge in [0.25, 0.3) is 0 Å². The molecule has 4 rings (SSSR count). The predicted molar refractivity (Wildman–Crippen MR) is 104 cm³/mol. The van der Waals surface area contributed by atoms with Crippen molar-refractivity contribution in [2.45, 2.75) is 12.6 Å². The lowest BCUT2D eigenvalue weighted by Crippen LogP contribution is -2.45. The molecule has 1 saturated heterocycles. The average Bonchev–Trinajstić information content (AvgIpc) is 3.22. The maximum absolute atomic E-state index is 12.3. The summed E-state index contributed by atoms with van der Waals surface area (Å²) in [6.45, 7) is 4.38. The second-order valence-electron chi connectivity index (χ2n) is 6.83. The van der Waals surface area contributed by atoms with Crippen LogP contribution in [0.2, 0.25) is 0 Å². The van der Waals surface area contributed by atoms with Crippen LogP contribution >= 0.6 is 0 Å². The number of benzene rings is 2. The fourth-order valence-electron chi connectivity index (χ4n) is 3.51. The summed E-state index contributed by atoms with van der Waals surface area (Å²) in [6.07, 6.45) is 0. The number of urea groups is 1. The third-order valence-corrected chi connectivity index (χ3v) is 5.02. The first-order valence-electron chi connectivity index (χ1n) is 9.56. The van der Waals surface area contributed by atoms with Gasteiger partial charge in [0.05, 0.1) is 19.3 Å². The van der Waals surface area contributed by atoms with Crippen molar-refractivity contribution < 1.29 is 19.0 Å². The molecule has 2 aromatic carbocycles. The predicted octanol–water partition coefficient (Wildman–Crippen LogP) is 2.29. The Morgan fingerprint density at radius 3 is 2.61 bits per heavy atom. The van der Waals surface area contributed by atoms with E-state index < -0.39 is 0 Å². The Morgan fingerprint density at radius 2 is 1.79 bits per heavy atom. The molecule has 7 heteroatoms. The highest BCUT2D eigenvalue weighted by molar-refractivity contribution is 5.73. The van der Waals surface area contributed by atoms with Gasteiger partial charge in [0, 0.05) is 26.2 Å². The normalized spacial score (nSPS) is 17.1. The molecule has 2 heterocycles. The smallest absolute Gasteiger partial charge is 0.315 e. The van der Waals surface area contributed by atoms with Crippen LogP contribution in [-0.4, -0.2) is 50.6 Å². The Labute approximate surface area is 164 Å². The van der Waals surface area contributed by atoms with E-state index in [-0.39, 0.29) is 18.9 Å². The molecule has 2 aromatic rings. The van der Waals surface area contributed by atoms with Crippen LogP contribution in [0.1, 0.15) is 17.2 Å². The number of ether oxygens (including phenoxy) is 3. The van der Waals surface area contributed by atoms with Gasteiger partial charge in [-0.25, -0.2) is 4.79 Å². The number of hydrogen-bond acceptors (Lipinski definition) is 5. The van der Waals surface area contributed by atoms with E-state index in [9.17, 15) is 4.79 Å².